The Balaban J connectivity index is 1.71. The second kappa shape index (κ2) is 9.32. The number of nitrogens with zero attached hydrogens (tertiary/aromatic N) is 2. The molecule has 0 atom stereocenters. The lowest BCUT2D eigenvalue weighted by Gasteiger charge is -2.32. The van der Waals surface area contributed by atoms with Gasteiger partial charge in [-0.3, -0.25) is 14.9 Å². The zero-order valence-electron chi connectivity index (χ0n) is 16.1. The van der Waals surface area contributed by atoms with E-state index in [-0.39, 0.29) is 11.6 Å². The standard InChI is InChI=1S/C21H26N4O3/c1-22-12-9-16-10-13-24(14-11-16)21(26)17-7-8-19(20(15-17)25(27)28)23-18-5-3-2-4-6-18/h2-8,15-16,22-23H,9-14H2,1H3. The van der Waals surface area contributed by atoms with Crippen LogP contribution in [0.5, 0.6) is 0 Å². The minimum absolute atomic E-state index is 0.0985. The summed E-state index contributed by atoms with van der Waals surface area (Å²) in [6.45, 7) is 2.39. The molecule has 0 radical (unpaired) electrons. The Morgan fingerprint density at radius 1 is 1.18 bits per heavy atom. The van der Waals surface area contributed by atoms with Crippen LogP contribution in [0.15, 0.2) is 48.5 Å². The number of anilines is 2. The van der Waals surface area contributed by atoms with Gasteiger partial charge in [0.1, 0.15) is 5.69 Å². The first kappa shape index (κ1) is 19.8. The van der Waals surface area contributed by atoms with Gasteiger partial charge in [-0.15, -0.1) is 0 Å². The van der Waals surface area contributed by atoms with Crippen molar-refractivity contribution in [1.82, 2.24) is 10.2 Å². The maximum absolute atomic E-state index is 12.8. The van der Waals surface area contributed by atoms with E-state index in [0.29, 0.717) is 30.3 Å². The second-order valence-electron chi connectivity index (χ2n) is 7.11. The summed E-state index contributed by atoms with van der Waals surface area (Å²) in [5.41, 5.74) is 1.39. The molecule has 1 fully saturated rings. The molecule has 0 aliphatic carbocycles. The monoisotopic (exact) mass is 382 g/mol. The molecule has 7 heteroatoms. The average molecular weight is 382 g/mol. The quantitative estimate of drug-likeness (QED) is 0.562. The van der Waals surface area contributed by atoms with E-state index in [0.717, 1.165) is 31.5 Å². The van der Waals surface area contributed by atoms with Gasteiger partial charge in [0.05, 0.1) is 4.92 Å². The first-order valence-corrected chi connectivity index (χ1v) is 9.63. The van der Waals surface area contributed by atoms with E-state index in [1.807, 2.05) is 37.4 Å². The molecule has 1 aliphatic rings. The van der Waals surface area contributed by atoms with Crippen LogP contribution in [0, 0.1) is 16.0 Å². The van der Waals surface area contributed by atoms with E-state index in [1.54, 1.807) is 17.0 Å². The minimum atomic E-state index is -0.452. The van der Waals surface area contributed by atoms with E-state index in [9.17, 15) is 14.9 Å². The molecule has 148 valence electrons. The number of hydrogen-bond acceptors (Lipinski definition) is 5. The Morgan fingerprint density at radius 3 is 2.54 bits per heavy atom. The van der Waals surface area contributed by atoms with Crippen molar-refractivity contribution >= 4 is 23.0 Å². The van der Waals surface area contributed by atoms with Crippen molar-refractivity contribution < 1.29 is 9.72 Å². The fraction of sp³-hybridized carbons (Fsp3) is 0.381. The molecule has 2 aromatic carbocycles. The van der Waals surface area contributed by atoms with Gasteiger partial charge in [0.2, 0.25) is 0 Å². The number of hydrogen-bond donors (Lipinski definition) is 2. The molecule has 2 N–H and O–H groups in total. The van der Waals surface area contributed by atoms with Crippen molar-refractivity contribution in [3.8, 4) is 0 Å². The van der Waals surface area contributed by atoms with E-state index in [4.69, 9.17) is 0 Å². The predicted molar refractivity (Wildman–Crippen MR) is 110 cm³/mol. The molecule has 28 heavy (non-hydrogen) atoms. The SMILES string of the molecule is CNCCC1CCN(C(=O)c2ccc(Nc3ccccc3)c([N+](=O)[O-])c2)CC1. The highest BCUT2D eigenvalue weighted by Crippen LogP contribution is 2.30. The third-order valence-electron chi connectivity index (χ3n) is 5.20. The van der Waals surface area contributed by atoms with Gasteiger partial charge in [-0.05, 0) is 63.0 Å². The smallest absolute Gasteiger partial charge is 0.293 e. The van der Waals surface area contributed by atoms with E-state index in [2.05, 4.69) is 10.6 Å². The van der Waals surface area contributed by atoms with Gasteiger partial charge >= 0.3 is 0 Å². The lowest BCUT2D eigenvalue weighted by Crippen LogP contribution is -2.39. The molecule has 1 aliphatic heterocycles. The minimum Gasteiger partial charge on any atom is -0.350 e. The fourth-order valence-corrected chi connectivity index (χ4v) is 3.55. The summed E-state index contributed by atoms with van der Waals surface area (Å²) in [6, 6.07) is 13.9. The molecule has 0 aromatic heterocycles. The molecule has 2 aromatic rings. The van der Waals surface area contributed by atoms with E-state index >= 15 is 0 Å². The van der Waals surface area contributed by atoms with Crippen molar-refractivity contribution in [3.63, 3.8) is 0 Å². The number of rotatable bonds is 7. The van der Waals surface area contributed by atoms with Gasteiger partial charge in [0, 0.05) is 30.4 Å². The Morgan fingerprint density at radius 2 is 1.89 bits per heavy atom. The summed E-state index contributed by atoms with van der Waals surface area (Å²) in [4.78, 5) is 25.7. The second-order valence-corrected chi connectivity index (χ2v) is 7.11. The van der Waals surface area contributed by atoms with Gasteiger partial charge in [-0.1, -0.05) is 18.2 Å². The van der Waals surface area contributed by atoms with Gasteiger partial charge in [0.15, 0.2) is 0 Å². The molecule has 0 bridgehead atoms. The maximum Gasteiger partial charge on any atom is 0.293 e. The number of benzene rings is 2. The number of piperidine rings is 1. The molecule has 1 heterocycles. The molecular weight excluding hydrogens is 356 g/mol. The molecule has 3 rings (SSSR count). The van der Waals surface area contributed by atoms with Crippen LogP contribution < -0.4 is 10.6 Å². The molecule has 0 saturated carbocycles. The van der Waals surface area contributed by atoms with Gasteiger partial charge in [-0.25, -0.2) is 0 Å². The fourth-order valence-electron chi connectivity index (χ4n) is 3.55. The summed E-state index contributed by atoms with van der Waals surface area (Å²) < 4.78 is 0. The van der Waals surface area contributed by atoms with Crippen LogP contribution in [0.3, 0.4) is 0 Å². The number of carbonyl (C=O) groups is 1. The highest BCUT2D eigenvalue weighted by molar-refractivity contribution is 5.96. The first-order valence-electron chi connectivity index (χ1n) is 9.63. The molecule has 0 spiro atoms. The first-order chi connectivity index (χ1) is 13.6. The lowest BCUT2D eigenvalue weighted by atomic mass is 9.93. The molecule has 0 unspecified atom stereocenters. The van der Waals surface area contributed by atoms with E-state index < -0.39 is 4.92 Å². The van der Waals surface area contributed by atoms with Crippen molar-refractivity contribution in [2.24, 2.45) is 5.92 Å². The number of nitro benzene ring substituents is 1. The molecule has 1 saturated heterocycles. The third-order valence-corrected chi connectivity index (χ3v) is 5.20. The highest BCUT2D eigenvalue weighted by atomic mass is 16.6. The molecular formula is C21H26N4O3. The maximum atomic E-state index is 12.8. The summed E-state index contributed by atoms with van der Waals surface area (Å²) in [7, 11) is 1.95. The summed E-state index contributed by atoms with van der Waals surface area (Å²) in [5, 5.41) is 17.8. The Hall–Kier alpha value is -2.93. The van der Waals surface area contributed by atoms with Crippen molar-refractivity contribution in [2.75, 3.05) is 32.0 Å². The average Bonchev–Trinajstić information content (AvgIpc) is 2.73. The molecule has 1 amide bonds. The Kier molecular flexibility index (Phi) is 6.60. The van der Waals surface area contributed by atoms with Crippen LogP contribution >= 0.6 is 0 Å². The topological polar surface area (TPSA) is 87.5 Å². The Bertz CT molecular complexity index is 818. The third kappa shape index (κ3) is 4.86. The van der Waals surface area contributed by atoms with Gasteiger partial charge < -0.3 is 15.5 Å². The number of likely N-dealkylation sites (tertiary alicyclic amines) is 1. The summed E-state index contributed by atoms with van der Waals surface area (Å²) >= 11 is 0. The van der Waals surface area contributed by atoms with Crippen LogP contribution in [0.2, 0.25) is 0 Å². The number of amides is 1. The Labute approximate surface area is 164 Å². The van der Waals surface area contributed by atoms with Crippen LogP contribution in [-0.4, -0.2) is 42.4 Å². The van der Waals surface area contributed by atoms with Gasteiger partial charge in [-0.2, -0.15) is 0 Å². The summed E-state index contributed by atoms with van der Waals surface area (Å²) in [6.07, 6.45) is 3.07. The van der Waals surface area contributed by atoms with Crippen LogP contribution in [-0.2, 0) is 0 Å². The number of nitrogens with one attached hydrogen (secondary N) is 2. The molecule has 7 nitrogen and oxygen atoms in total. The number of para-hydroxylation sites is 1. The van der Waals surface area contributed by atoms with E-state index in [1.165, 1.54) is 6.07 Å². The van der Waals surface area contributed by atoms with Crippen LogP contribution in [0.4, 0.5) is 17.1 Å². The summed E-state index contributed by atoms with van der Waals surface area (Å²) in [5.74, 6) is 0.490. The van der Waals surface area contributed by atoms with Crippen molar-refractivity contribution in [2.45, 2.75) is 19.3 Å². The zero-order valence-corrected chi connectivity index (χ0v) is 16.1. The highest BCUT2D eigenvalue weighted by Gasteiger charge is 2.25. The largest absolute Gasteiger partial charge is 0.350 e. The number of carbonyl (C=O) groups excluding carboxylic acids is 1. The van der Waals surface area contributed by atoms with Gasteiger partial charge in [0.25, 0.3) is 11.6 Å². The normalized spacial score (nSPS) is 14.7. The van der Waals surface area contributed by atoms with Crippen LogP contribution in [0.25, 0.3) is 0 Å². The zero-order chi connectivity index (χ0) is 19.9. The predicted octanol–water partition coefficient (Wildman–Crippen LogP) is 3.80. The van der Waals surface area contributed by atoms with Crippen molar-refractivity contribution in [1.29, 1.82) is 0 Å². The number of nitro groups is 1. The van der Waals surface area contributed by atoms with Crippen molar-refractivity contribution in [3.05, 3.63) is 64.2 Å². The van der Waals surface area contributed by atoms with Crippen LogP contribution in [0.1, 0.15) is 29.6 Å². The lowest BCUT2D eigenvalue weighted by molar-refractivity contribution is -0.383.